The van der Waals surface area contributed by atoms with Crippen LogP contribution in [0.25, 0.3) is 0 Å². The van der Waals surface area contributed by atoms with Gasteiger partial charge >= 0.3 is 6.03 Å². The number of carbonyl (C=O) groups is 2. The monoisotopic (exact) mass is 345 g/mol. The van der Waals surface area contributed by atoms with Crippen LogP contribution in [0.4, 0.5) is 10.5 Å². The van der Waals surface area contributed by atoms with Crippen LogP contribution in [0.1, 0.15) is 18.4 Å². The van der Waals surface area contributed by atoms with E-state index in [-0.39, 0.29) is 23.3 Å². The molecule has 2 saturated heterocycles. The van der Waals surface area contributed by atoms with Crippen molar-refractivity contribution in [2.24, 2.45) is 11.3 Å². The van der Waals surface area contributed by atoms with E-state index < -0.39 is 0 Å². The summed E-state index contributed by atoms with van der Waals surface area (Å²) >= 11 is 0. The van der Waals surface area contributed by atoms with Gasteiger partial charge < -0.3 is 19.9 Å². The molecule has 0 aromatic heterocycles. The summed E-state index contributed by atoms with van der Waals surface area (Å²) in [5.41, 5.74) is 1.68. The highest BCUT2D eigenvalue weighted by Gasteiger charge is 2.52. The third-order valence-electron chi connectivity index (χ3n) is 5.55. The maximum atomic E-state index is 12.8. The van der Waals surface area contributed by atoms with Crippen LogP contribution in [0.2, 0.25) is 0 Å². The number of anilines is 1. The number of hydrogen-bond donors (Lipinski definition) is 1. The van der Waals surface area contributed by atoms with E-state index in [2.05, 4.69) is 5.32 Å². The number of nitrogens with one attached hydrogen (secondary N) is 1. The van der Waals surface area contributed by atoms with Gasteiger partial charge in [0.25, 0.3) is 0 Å². The fraction of sp³-hybridized carbons (Fsp3) is 0.579. The number of amides is 3. The molecule has 25 heavy (non-hydrogen) atoms. The first-order valence-electron chi connectivity index (χ1n) is 8.83. The second-order valence-electron chi connectivity index (χ2n) is 7.39. The highest BCUT2D eigenvalue weighted by atomic mass is 16.5. The lowest BCUT2D eigenvalue weighted by atomic mass is 9.71. The number of benzene rings is 1. The minimum atomic E-state index is -0.164. The molecule has 2 heterocycles. The standard InChI is InChI=1S/C19H27N3O3/c1-14-6-4-5-7-16(14)20-18(24)22-12-15(17(23)21(2)3)19(13-22)8-10-25-11-9-19/h4-7,15H,8-13H2,1-3H3,(H,20,24). The Labute approximate surface area is 149 Å². The minimum absolute atomic E-state index is 0.105. The van der Waals surface area contributed by atoms with Crippen molar-refractivity contribution < 1.29 is 14.3 Å². The molecular weight excluding hydrogens is 318 g/mol. The van der Waals surface area contributed by atoms with Crippen molar-refractivity contribution in [3.05, 3.63) is 29.8 Å². The van der Waals surface area contributed by atoms with E-state index >= 15 is 0 Å². The van der Waals surface area contributed by atoms with E-state index in [9.17, 15) is 9.59 Å². The Morgan fingerprint density at radius 3 is 2.56 bits per heavy atom. The van der Waals surface area contributed by atoms with Gasteiger partial charge in [0, 0.05) is 51.5 Å². The van der Waals surface area contributed by atoms with Gasteiger partial charge in [-0.05, 0) is 31.4 Å². The number of rotatable bonds is 2. The number of carbonyl (C=O) groups excluding carboxylic acids is 2. The van der Waals surface area contributed by atoms with Crippen LogP contribution in [0.5, 0.6) is 0 Å². The third kappa shape index (κ3) is 3.49. The topological polar surface area (TPSA) is 61.9 Å². The Hall–Kier alpha value is -2.08. The zero-order chi connectivity index (χ0) is 18.0. The molecule has 2 fully saturated rings. The molecule has 0 radical (unpaired) electrons. The summed E-state index contributed by atoms with van der Waals surface area (Å²) in [5, 5.41) is 2.99. The van der Waals surface area contributed by atoms with Crippen molar-refractivity contribution in [3.63, 3.8) is 0 Å². The highest BCUT2D eigenvalue weighted by Crippen LogP contribution is 2.45. The predicted molar refractivity (Wildman–Crippen MR) is 96.4 cm³/mol. The van der Waals surface area contributed by atoms with Crippen LogP contribution < -0.4 is 5.32 Å². The van der Waals surface area contributed by atoms with E-state index in [1.165, 1.54) is 0 Å². The fourth-order valence-electron chi connectivity index (χ4n) is 3.97. The van der Waals surface area contributed by atoms with Gasteiger partial charge in [0.1, 0.15) is 0 Å². The largest absolute Gasteiger partial charge is 0.381 e. The second kappa shape index (κ2) is 7.04. The minimum Gasteiger partial charge on any atom is -0.381 e. The van der Waals surface area contributed by atoms with Crippen molar-refractivity contribution in [3.8, 4) is 0 Å². The molecule has 1 spiro atoms. The molecule has 1 aromatic rings. The molecule has 1 N–H and O–H groups in total. The third-order valence-corrected chi connectivity index (χ3v) is 5.55. The summed E-state index contributed by atoms with van der Waals surface area (Å²) in [7, 11) is 3.57. The summed E-state index contributed by atoms with van der Waals surface area (Å²) < 4.78 is 5.51. The molecule has 1 atom stereocenters. The number of para-hydroxylation sites is 1. The average molecular weight is 345 g/mol. The first-order chi connectivity index (χ1) is 11.9. The highest BCUT2D eigenvalue weighted by molar-refractivity contribution is 5.91. The van der Waals surface area contributed by atoms with Crippen LogP contribution in [0.3, 0.4) is 0 Å². The fourth-order valence-corrected chi connectivity index (χ4v) is 3.97. The van der Waals surface area contributed by atoms with Gasteiger partial charge in [-0.3, -0.25) is 4.79 Å². The van der Waals surface area contributed by atoms with Crippen LogP contribution in [-0.2, 0) is 9.53 Å². The van der Waals surface area contributed by atoms with Crippen molar-refractivity contribution in [2.45, 2.75) is 19.8 Å². The van der Waals surface area contributed by atoms with Gasteiger partial charge in [-0.15, -0.1) is 0 Å². The van der Waals surface area contributed by atoms with Crippen LogP contribution >= 0.6 is 0 Å². The number of aryl methyl sites for hydroxylation is 1. The Morgan fingerprint density at radius 2 is 1.92 bits per heavy atom. The Bertz CT molecular complexity index is 653. The van der Waals surface area contributed by atoms with E-state index in [4.69, 9.17) is 4.74 Å². The molecule has 6 heteroatoms. The normalized spacial score (nSPS) is 22.0. The molecule has 136 valence electrons. The molecule has 0 saturated carbocycles. The van der Waals surface area contributed by atoms with Gasteiger partial charge in [0.15, 0.2) is 0 Å². The molecule has 1 aromatic carbocycles. The van der Waals surface area contributed by atoms with Crippen molar-refractivity contribution >= 4 is 17.6 Å². The van der Waals surface area contributed by atoms with Crippen LogP contribution in [0.15, 0.2) is 24.3 Å². The van der Waals surface area contributed by atoms with Crippen molar-refractivity contribution in [1.29, 1.82) is 0 Å². The summed E-state index contributed by atoms with van der Waals surface area (Å²) in [6.45, 7) is 4.36. The van der Waals surface area contributed by atoms with E-state index in [1.807, 2.05) is 31.2 Å². The quantitative estimate of drug-likeness (QED) is 0.895. The lowest BCUT2D eigenvalue weighted by molar-refractivity contribution is -0.138. The number of urea groups is 1. The van der Waals surface area contributed by atoms with E-state index in [0.717, 1.165) is 24.1 Å². The summed E-state index contributed by atoms with van der Waals surface area (Å²) in [6.07, 6.45) is 1.65. The molecule has 0 aliphatic carbocycles. The summed E-state index contributed by atoms with van der Waals surface area (Å²) in [6, 6.07) is 7.59. The number of ether oxygens (including phenoxy) is 1. The van der Waals surface area contributed by atoms with Crippen LogP contribution in [-0.4, -0.2) is 62.1 Å². The number of nitrogens with zero attached hydrogens (tertiary/aromatic N) is 2. The Kier molecular flexibility index (Phi) is 4.99. The SMILES string of the molecule is Cc1ccccc1NC(=O)N1CC(C(=O)N(C)C)C2(CCOCC2)C1. The molecule has 3 amide bonds. The van der Waals surface area contributed by atoms with Gasteiger partial charge in [-0.25, -0.2) is 4.79 Å². The van der Waals surface area contributed by atoms with Gasteiger partial charge in [0.2, 0.25) is 5.91 Å². The zero-order valence-corrected chi connectivity index (χ0v) is 15.2. The average Bonchev–Trinajstić information content (AvgIpc) is 2.95. The summed E-state index contributed by atoms with van der Waals surface area (Å²) in [5.74, 6) is -0.0536. The van der Waals surface area contributed by atoms with Gasteiger partial charge in [0.05, 0.1) is 5.92 Å². The van der Waals surface area contributed by atoms with E-state index in [1.54, 1.807) is 23.9 Å². The number of likely N-dealkylation sites (tertiary alicyclic amines) is 1. The van der Waals surface area contributed by atoms with Crippen molar-refractivity contribution in [1.82, 2.24) is 9.80 Å². The smallest absolute Gasteiger partial charge is 0.321 e. The predicted octanol–water partition coefficient (Wildman–Crippen LogP) is 2.34. The molecule has 3 rings (SSSR count). The maximum absolute atomic E-state index is 12.8. The molecular formula is C19H27N3O3. The Morgan fingerprint density at radius 1 is 1.24 bits per heavy atom. The lowest BCUT2D eigenvalue weighted by Gasteiger charge is -2.37. The first-order valence-corrected chi connectivity index (χ1v) is 8.83. The summed E-state index contributed by atoms with van der Waals surface area (Å²) in [4.78, 5) is 29.0. The molecule has 2 aliphatic rings. The van der Waals surface area contributed by atoms with E-state index in [0.29, 0.717) is 26.3 Å². The number of hydrogen-bond acceptors (Lipinski definition) is 3. The second-order valence-corrected chi connectivity index (χ2v) is 7.39. The molecule has 0 bridgehead atoms. The first kappa shape index (κ1) is 17.7. The van der Waals surface area contributed by atoms with Crippen LogP contribution in [0, 0.1) is 18.3 Å². The zero-order valence-electron chi connectivity index (χ0n) is 15.2. The Balaban J connectivity index is 1.78. The molecule has 2 aliphatic heterocycles. The molecule has 6 nitrogen and oxygen atoms in total. The van der Waals surface area contributed by atoms with Gasteiger partial charge in [-0.1, -0.05) is 18.2 Å². The lowest BCUT2D eigenvalue weighted by Crippen LogP contribution is -2.44. The maximum Gasteiger partial charge on any atom is 0.321 e. The molecule has 1 unspecified atom stereocenters. The van der Waals surface area contributed by atoms with Crippen molar-refractivity contribution in [2.75, 3.05) is 45.7 Å². The van der Waals surface area contributed by atoms with Gasteiger partial charge in [-0.2, -0.15) is 0 Å².